The Morgan fingerprint density at radius 3 is 2.76 bits per heavy atom. The maximum absolute atomic E-state index is 6.23. The number of para-hydroxylation sites is 1. The number of hydrogen-bond acceptors (Lipinski definition) is 3. The molecule has 1 saturated heterocycles. The van der Waals surface area contributed by atoms with Crippen LogP contribution >= 0.6 is 11.6 Å². The fourth-order valence-corrected chi connectivity index (χ4v) is 2.81. The molecular formula is C17H25ClN2O. The third kappa shape index (κ3) is 5.03. The summed E-state index contributed by atoms with van der Waals surface area (Å²) in [7, 11) is 2.18. The monoisotopic (exact) mass is 308 g/mol. The molecule has 0 bridgehead atoms. The van der Waals surface area contributed by atoms with Gasteiger partial charge in [0.25, 0.3) is 0 Å². The highest BCUT2D eigenvalue weighted by Gasteiger charge is 2.13. The maximum atomic E-state index is 6.23. The highest BCUT2D eigenvalue weighted by atomic mass is 35.5. The number of allylic oxidation sites excluding steroid dienone is 1. The molecule has 0 aromatic heterocycles. The SMILES string of the molecule is C=CCc1cccc(Cl)c1OCCCN1CCN(C)CC1. The quantitative estimate of drug-likeness (QED) is 0.569. The van der Waals surface area contributed by atoms with E-state index in [-0.39, 0.29) is 0 Å². The van der Waals surface area contributed by atoms with Crippen molar-refractivity contribution in [3.05, 3.63) is 41.4 Å². The summed E-state index contributed by atoms with van der Waals surface area (Å²) in [6, 6.07) is 5.88. The Morgan fingerprint density at radius 2 is 2.05 bits per heavy atom. The molecule has 116 valence electrons. The average Bonchev–Trinajstić information content (AvgIpc) is 2.48. The molecule has 0 amide bonds. The zero-order valence-corrected chi connectivity index (χ0v) is 13.6. The summed E-state index contributed by atoms with van der Waals surface area (Å²) < 4.78 is 5.92. The van der Waals surface area contributed by atoms with E-state index in [2.05, 4.69) is 23.4 Å². The Balaban J connectivity index is 1.77. The number of rotatable bonds is 7. The summed E-state index contributed by atoms with van der Waals surface area (Å²) in [5, 5.41) is 0.689. The Hall–Kier alpha value is -1.03. The van der Waals surface area contributed by atoms with Gasteiger partial charge in [-0.15, -0.1) is 6.58 Å². The molecule has 1 fully saturated rings. The molecule has 1 aliphatic heterocycles. The minimum absolute atomic E-state index is 0.689. The van der Waals surface area contributed by atoms with Crippen LogP contribution in [0.15, 0.2) is 30.9 Å². The molecule has 0 radical (unpaired) electrons. The fraction of sp³-hybridized carbons (Fsp3) is 0.529. The molecule has 0 N–H and O–H groups in total. The Labute approximate surface area is 133 Å². The first-order valence-electron chi connectivity index (χ1n) is 7.62. The van der Waals surface area contributed by atoms with Crippen LogP contribution in [0.2, 0.25) is 5.02 Å². The molecule has 0 saturated carbocycles. The van der Waals surface area contributed by atoms with Crippen molar-refractivity contribution in [2.45, 2.75) is 12.8 Å². The van der Waals surface area contributed by atoms with E-state index in [4.69, 9.17) is 16.3 Å². The van der Waals surface area contributed by atoms with E-state index in [1.54, 1.807) is 0 Å². The van der Waals surface area contributed by atoms with Gasteiger partial charge in [-0.3, -0.25) is 0 Å². The summed E-state index contributed by atoms with van der Waals surface area (Å²) in [6.07, 6.45) is 3.69. The van der Waals surface area contributed by atoms with E-state index in [9.17, 15) is 0 Å². The minimum atomic E-state index is 0.689. The van der Waals surface area contributed by atoms with Crippen molar-refractivity contribution in [3.63, 3.8) is 0 Å². The predicted octanol–water partition coefficient (Wildman–Crippen LogP) is 3.08. The highest BCUT2D eigenvalue weighted by Crippen LogP contribution is 2.29. The molecule has 0 unspecified atom stereocenters. The standard InChI is InChI=1S/C17H25ClN2O/c1-3-6-15-7-4-8-16(18)17(15)21-14-5-9-20-12-10-19(2)11-13-20/h3-4,7-8H,1,5-6,9-14H2,2H3. The zero-order chi connectivity index (χ0) is 15.1. The van der Waals surface area contributed by atoms with Crippen LogP contribution in [0.4, 0.5) is 0 Å². The van der Waals surface area contributed by atoms with Crippen LogP contribution in [0.1, 0.15) is 12.0 Å². The van der Waals surface area contributed by atoms with E-state index in [1.165, 1.54) is 0 Å². The van der Waals surface area contributed by atoms with Crippen LogP contribution in [0.25, 0.3) is 0 Å². The van der Waals surface area contributed by atoms with Gasteiger partial charge in [0.1, 0.15) is 5.75 Å². The Kier molecular flexibility index (Phi) is 6.55. The molecular weight excluding hydrogens is 284 g/mol. The third-order valence-corrected chi connectivity index (χ3v) is 4.17. The first kappa shape index (κ1) is 16.3. The molecule has 3 nitrogen and oxygen atoms in total. The average molecular weight is 309 g/mol. The van der Waals surface area contributed by atoms with Gasteiger partial charge >= 0.3 is 0 Å². The van der Waals surface area contributed by atoms with Crippen LogP contribution < -0.4 is 4.74 Å². The maximum Gasteiger partial charge on any atom is 0.141 e. The van der Waals surface area contributed by atoms with Gasteiger partial charge < -0.3 is 14.5 Å². The van der Waals surface area contributed by atoms with Gasteiger partial charge in [0.15, 0.2) is 0 Å². The predicted molar refractivity (Wildman–Crippen MR) is 89.4 cm³/mol. The first-order chi connectivity index (χ1) is 10.2. The largest absolute Gasteiger partial charge is 0.492 e. The van der Waals surface area contributed by atoms with Crippen molar-refractivity contribution in [3.8, 4) is 5.75 Å². The van der Waals surface area contributed by atoms with Crippen molar-refractivity contribution in [1.82, 2.24) is 9.80 Å². The van der Waals surface area contributed by atoms with Crippen LogP contribution in [-0.2, 0) is 6.42 Å². The number of piperazine rings is 1. The smallest absolute Gasteiger partial charge is 0.141 e. The number of ether oxygens (including phenoxy) is 1. The van der Waals surface area contributed by atoms with E-state index in [0.717, 1.165) is 56.9 Å². The zero-order valence-electron chi connectivity index (χ0n) is 12.9. The van der Waals surface area contributed by atoms with Crippen molar-refractivity contribution >= 4 is 11.6 Å². The molecule has 0 atom stereocenters. The highest BCUT2D eigenvalue weighted by molar-refractivity contribution is 6.32. The number of halogens is 1. The summed E-state index contributed by atoms with van der Waals surface area (Å²) in [4.78, 5) is 4.87. The van der Waals surface area contributed by atoms with Gasteiger partial charge in [-0.2, -0.15) is 0 Å². The Morgan fingerprint density at radius 1 is 1.29 bits per heavy atom. The molecule has 1 aliphatic rings. The fourth-order valence-electron chi connectivity index (χ4n) is 2.57. The second-order valence-electron chi connectivity index (χ2n) is 5.57. The van der Waals surface area contributed by atoms with Crippen LogP contribution in [0, 0.1) is 0 Å². The number of nitrogens with zero attached hydrogens (tertiary/aromatic N) is 2. The van der Waals surface area contributed by atoms with Crippen LogP contribution in [0.5, 0.6) is 5.75 Å². The number of likely N-dealkylation sites (N-methyl/N-ethyl adjacent to an activating group) is 1. The molecule has 0 spiro atoms. The summed E-state index contributed by atoms with van der Waals surface area (Å²) in [6.45, 7) is 10.2. The van der Waals surface area contributed by atoms with E-state index in [1.807, 2.05) is 24.3 Å². The molecule has 1 heterocycles. The van der Waals surface area contributed by atoms with Gasteiger partial charge in [-0.05, 0) is 31.5 Å². The lowest BCUT2D eigenvalue weighted by Gasteiger charge is -2.32. The molecule has 2 rings (SSSR count). The summed E-state index contributed by atoms with van der Waals surface area (Å²) in [5.41, 5.74) is 1.11. The second kappa shape index (κ2) is 8.42. The lowest BCUT2D eigenvalue weighted by atomic mass is 10.1. The van der Waals surface area contributed by atoms with Crippen LogP contribution in [0.3, 0.4) is 0 Å². The van der Waals surface area contributed by atoms with Crippen molar-refractivity contribution in [2.24, 2.45) is 0 Å². The topological polar surface area (TPSA) is 15.7 Å². The second-order valence-corrected chi connectivity index (χ2v) is 5.98. The lowest BCUT2D eigenvalue weighted by Crippen LogP contribution is -2.44. The third-order valence-electron chi connectivity index (χ3n) is 3.87. The number of benzene rings is 1. The normalized spacial score (nSPS) is 16.9. The van der Waals surface area contributed by atoms with Gasteiger partial charge in [0.2, 0.25) is 0 Å². The van der Waals surface area contributed by atoms with Crippen LogP contribution in [-0.4, -0.2) is 56.2 Å². The van der Waals surface area contributed by atoms with E-state index < -0.39 is 0 Å². The van der Waals surface area contributed by atoms with Gasteiger partial charge in [-0.25, -0.2) is 0 Å². The molecule has 0 aliphatic carbocycles. The molecule has 1 aromatic rings. The Bertz CT molecular complexity index is 456. The minimum Gasteiger partial charge on any atom is -0.492 e. The van der Waals surface area contributed by atoms with Gasteiger partial charge in [0, 0.05) is 32.7 Å². The van der Waals surface area contributed by atoms with Crippen molar-refractivity contribution in [2.75, 3.05) is 46.4 Å². The molecule has 21 heavy (non-hydrogen) atoms. The number of hydrogen-bond donors (Lipinski definition) is 0. The van der Waals surface area contributed by atoms with Crippen molar-refractivity contribution in [1.29, 1.82) is 0 Å². The lowest BCUT2D eigenvalue weighted by molar-refractivity contribution is 0.145. The summed E-state index contributed by atoms with van der Waals surface area (Å²) >= 11 is 6.23. The van der Waals surface area contributed by atoms with E-state index in [0.29, 0.717) is 11.6 Å². The molecule has 4 heteroatoms. The van der Waals surface area contributed by atoms with Crippen molar-refractivity contribution < 1.29 is 4.74 Å². The first-order valence-corrected chi connectivity index (χ1v) is 8.00. The van der Waals surface area contributed by atoms with Gasteiger partial charge in [0.05, 0.1) is 11.6 Å². The molecule has 1 aromatic carbocycles. The van der Waals surface area contributed by atoms with E-state index >= 15 is 0 Å². The summed E-state index contributed by atoms with van der Waals surface area (Å²) in [5.74, 6) is 0.817. The van der Waals surface area contributed by atoms with Gasteiger partial charge in [-0.1, -0.05) is 29.8 Å².